The molecule has 0 bridgehead atoms. The molecule has 9 nitrogen and oxygen atoms in total. The van der Waals surface area contributed by atoms with Gasteiger partial charge in [0.05, 0.1) is 24.8 Å². The monoisotopic (exact) mass is 520 g/mol. The Morgan fingerprint density at radius 1 is 1.00 bits per heavy atom. The largest absolute Gasteiger partial charge is 0.507 e. The second-order valence-electron chi connectivity index (χ2n) is 9.33. The van der Waals surface area contributed by atoms with E-state index < -0.39 is 17.7 Å². The van der Waals surface area contributed by atoms with Crippen LogP contribution in [-0.4, -0.2) is 85.8 Å². The van der Waals surface area contributed by atoms with Crippen molar-refractivity contribution in [3.05, 3.63) is 71.8 Å². The molecule has 0 spiro atoms. The number of aliphatic hydroxyl groups is 1. The van der Waals surface area contributed by atoms with Crippen molar-refractivity contribution in [1.82, 2.24) is 9.80 Å². The smallest absolute Gasteiger partial charge is 0.295 e. The van der Waals surface area contributed by atoms with E-state index in [1.807, 2.05) is 12.1 Å². The zero-order chi connectivity index (χ0) is 26.5. The van der Waals surface area contributed by atoms with Crippen molar-refractivity contribution in [2.45, 2.75) is 12.5 Å². The van der Waals surface area contributed by atoms with Crippen LogP contribution in [-0.2, 0) is 14.3 Å². The maximum absolute atomic E-state index is 13.3. The number of carbonyl (C=O) groups is 2. The number of amides is 1. The number of ether oxygens (including phenoxy) is 4. The van der Waals surface area contributed by atoms with E-state index in [9.17, 15) is 14.7 Å². The number of hydrogen-bond acceptors (Lipinski definition) is 8. The summed E-state index contributed by atoms with van der Waals surface area (Å²) in [5.74, 6) is 0.130. The van der Waals surface area contributed by atoms with E-state index in [0.29, 0.717) is 74.4 Å². The number of carbonyl (C=O) groups excluding carboxylic acids is 2. The molecule has 0 aliphatic carbocycles. The first-order valence-electron chi connectivity index (χ1n) is 12.9. The maximum atomic E-state index is 13.3. The van der Waals surface area contributed by atoms with E-state index in [1.165, 1.54) is 0 Å². The number of hydrogen-bond donors (Lipinski definition) is 1. The van der Waals surface area contributed by atoms with Gasteiger partial charge in [-0.25, -0.2) is 0 Å². The van der Waals surface area contributed by atoms with E-state index in [-0.39, 0.29) is 11.3 Å². The number of rotatable bonds is 9. The number of likely N-dealkylation sites (tertiary alicyclic amines) is 1. The lowest BCUT2D eigenvalue weighted by atomic mass is 9.95. The summed E-state index contributed by atoms with van der Waals surface area (Å²) in [6.45, 7) is 9.11. The lowest BCUT2D eigenvalue weighted by Gasteiger charge is -2.29. The van der Waals surface area contributed by atoms with E-state index in [2.05, 4.69) is 11.5 Å². The number of fused-ring (bicyclic) bond motifs is 1. The molecule has 38 heavy (non-hydrogen) atoms. The highest BCUT2D eigenvalue weighted by Gasteiger charge is 2.46. The molecule has 0 unspecified atom stereocenters. The summed E-state index contributed by atoms with van der Waals surface area (Å²) in [5.41, 5.74) is 1.15. The Hall–Kier alpha value is -3.82. The zero-order valence-corrected chi connectivity index (χ0v) is 21.3. The first-order chi connectivity index (χ1) is 18.6. The van der Waals surface area contributed by atoms with Crippen molar-refractivity contribution in [2.75, 3.05) is 59.2 Å². The lowest BCUT2D eigenvalue weighted by molar-refractivity contribution is -0.140. The molecule has 1 amide bonds. The molecule has 0 radical (unpaired) electrons. The highest BCUT2D eigenvalue weighted by atomic mass is 16.6. The summed E-state index contributed by atoms with van der Waals surface area (Å²) in [6.07, 6.45) is 2.35. The predicted molar refractivity (Wildman–Crippen MR) is 140 cm³/mol. The fourth-order valence-corrected chi connectivity index (χ4v) is 4.99. The molecule has 2 fully saturated rings. The van der Waals surface area contributed by atoms with Gasteiger partial charge in [0.25, 0.3) is 11.7 Å². The van der Waals surface area contributed by atoms with Crippen LogP contribution in [0.15, 0.2) is 60.7 Å². The van der Waals surface area contributed by atoms with Gasteiger partial charge in [-0.1, -0.05) is 24.8 Å². The van der Waals surface area contributed by atoms with Gasteiger partial charge in [0.2, 0.25) is 0 Å². The van der Waals surface area contributed by atoms with Gasteiger partial charge in [-0.3, -0.25) is 14.5 Å². The summed E-state index contributed by atoms with van der Waals surface area (Å²) in [5, 5.41) is 11.4. The average molecular weight is 521 g/mol. The van der Waals surface area contributed by atoms with Crippen molar-refractivity contribution in [2.24, 2.45) is 0 Å². The van der Waals surface area contributed by atoms with Crippen LogP contribution in [0, 0.1) is 0 Å². The molecule has 5 rings (SSSR count). The Morgan fingerprint density at radius 2 is 1.74 bits per heavy atom. The summed E-state index contributed by atoms with van der Waals surface area (Å²) >= 11 is 0. The fourth-order valence-electron chi connectivity index (χ4n) is 4.99. The number of ketones is 1. The number of aliphatic hydroxyl groups excluding tert-OH is 1. The molecule has 1 N–H and O–H groups in total. The first-order valence-corrected chi connectivity index (χ1v) is 12.9. The number of benzene rings is 2. The third kappa shape index (κ3) is 5.39. The predicted octanol–water partition coefficient (Wildman–Crippen LogP) is 3.17. The molecular weight excluding hydrogens is 488 g/mol. The van der Waals surface area contributed by atoms with E-state index in [1.54, 1.807) is 41.3 Å². The molecular formula is C29H32N2O7. The van der Waals surface area contributed by atoms with Crippen LogP contribution in [0.2, 0.25) is 0 Å². The van der Waals surface area contributed by atoms with Crippen molar-refractivity contribution >= 4 is 17.4 Å². The quantitative estimate of drug-likeness (QED) is 0.233. The zero-order valence-electron chi connectivity index (χ0n) is 21.3. The molecule has 3 aliphatic rings. The van der Waals surface area contributed by atoms with Crippen molar-refractivity contribution in [3.63, 3.8) is 0 Å². The van der Waals surface area contributed by atoms with Gasteiger partial charge in [-0.15, -0.1) is 0 Å². The van der Waals surface area contributed by atoms with Gasteiger partial charge in [0.1, 0.15) is 31.3 Å². The summed E-state index contributed by atoms with van der Waals surface area (Å²) in [6, 6.07) is 11.5. The van der Waals surface area contributed by atoms with Gasteiger partial charge in [-0.05, 0) is 42.3 Å². The maximum Gasteiger partial charge on any atom is 0.295 e. The molecule has 200 valence electrons. The van der Waals surface area contributed by atoms with Crippen LogP contribution in [0.25, 0.3) is 5.76 Å². The third-order valence-electron chi connectivity index (χ3n) is 6.90. The molecule has 0 aromatic heterocycles. The minimum atomic E-state index is -0.735. The first kappa shape index (κ1) is 25.8. The normalized spacial score (nSPS) is 20.9. The molecule has 1 atom stereocenters. The highest BCUT2D eigenvalue weighted by molar-refractivity contribution is 6.46. The van der Waals surface area contributed by atoms with Crippen molar-refractivity contribution < 1.29 is 33.6 Å². The van der Waals surface area contributed by atoms with Gasteiger partial charge in [0, 0.05) is 31.7 Å². The van der Waals surface area contributed by atoms with Crippen molar-refractivity contribution in [1.29, 1.82) is 0 Å². The standard InChI is InChI=1S/C29H32N2O7/c1-2-14-36-22-7-4-20(5-8-22)26-25(27(32)21-6-9-23-24(19-21)38-18-17-37-23)28(33)29(34)31(26)11-3-10-30-12-15-35-16-13-30/h2,4-9,19,26,32H,1,3,10-18H2/t26-/m0/s1. The number of morpholine rings is 1. The minimum Gasteiger partial charge on any atom is -0.507 e. The van der Waals surface area contributed by atoms with Gasteiger partial charge in [0.15, 0.2) is 11.5 Å². The Morgan fingerprint density at radius 3 is 2.47 bits per heavy atom. The topological polar surface area (TPSA) is 97.8 Å². The van der Waals surface area contributed by atoms with Crippen LogP contribution in [0.1, 0.15) is 23.6 Å². The average Bonchev–Trinajstić information content (AvgIpc) is 3.21. The highest BCUT2D eigenvalue weighted by Crippen LogP contribution is 2.41. The number of nitrogens with zero attached hydrogens (tertiary/aromatic N) is 2. The van der Waals surface area contributed by atoms with Gasteiger partial charge >= 0.3 is 0 Å². The SMILES string of the molecule is C=CCOc1ccc([C@H]2C(=C(O)c3ccc4c(c3)OCCO4)C(=O)C(=O)N2CCCN2CCOCC2)cc1. The Balaban J connectivity index is 1.47. The van der Waals surface area contributed by atoms with Crippen LogP contribution in [0.4, 0.5) is 0 Å². The fraction of sp³-hybridized carbons (Fsp3) is 0.379. The Bertz CT molecular complexity index is 1220. The van der Waals surface area contributed by atoms with Gasteiger partial charge < -0.3 is 29.0 Å². The summed E-state index contributed by atoms with van der Waals surface area (Å²) < 4.78 is 22.3. The molecule has 2 aromatic rings. The van der Waals surface area contributed by atoms with E-state index >= 15 is 0 Å². The third-order valence-corrected chi connectivity index (χ3v) is 6.90. The second-order valence-corrected chi connectivity index (χ2v) is 9.33. The molecule has 2 saturated heterocycles. The summed E-state index contributed by atoms with van der Waals surface area (Å²) in [4.78, 5) is 30.5. The Kier molecular flexibility index (Phi) is 7.95. The van der Waals surface area contributed by atoms with E-state index in [0.717, 1.165) is 19.6 Å². The molecule has 9 heteroatoms. The molecule has 3 heterocycles. The van der Waals surface area contributed by atoms with Crippen LogP contribution < -0.4 is 14.2 Å². The number of Topliss-reactive ketones (excluding diaryl/α,β-unsaturated/α-hetero) is 1. The molecule has 0 saturated carbocycles. The van der Waals surface area contributed by atoms with Crippen LogP contribution >= 0.6 is 0 Å². The molecule has 2 aromatic carbocycles. The Labute approximate surface area is 221 Å². The molecule has 3 aliphatic heterocycles. The lowest BCUT2D eigenvalue weighted by Crippen LogP contribution is -2.38. The van der Waals surface area contributed by atoms with Crippen LogP contribution in [0.5, 0.6) is 17.2 Å². The second kappa shape index (κ2) is 11.7. The van der Waals surface area contributed by atoms with Gasteiger partial charge in [-0.2, -0.15) is 0 Å². The van der Waals surface area contributed by atoms with Crippen molar-refractivity contribution in [3.8, 4) is 17.2 Å². The summed E-state index contributed by atoms with van der Waals surface area (Å²) in [7, 11) is 0. The van der Waals surface area contributed by atoms with E-state index in [4.69, 9.17) is 18.9 Å². The van der Waals surface area contributed by atoms with Crippen LogP contribution in [0.3, 0.4) is 0 Å². The minimum absolute atomic E-state index is 0.0535.